The fourth-order valence-corrected chi connectivity index (χ4v) is 9.17. The summed E-state index contributed by atoms with van der Waals surface area (Å²) in [4.78, 5) is 10.7. The Balaban J connectivity index is 1.24. The van der Waals surface area contributed by atoms with Gasteiger partial charge in [-0.2, -0.15) is 5.26 Å². The number of fused-ring (bicyclic) bond motifs is 9. The second kappa shape index (κ2) is 12.1. The minimum atomic E-state index is -0.514. The highest BCUT2D eigenvalue weighted by molar-refractivity contribution is 5.95. The summed E-state index contributed by atoms with van der Waals surface area (Å²) in [5.41, 5.74) is 16.9. The van der Waals surface area contributed by atoms with Gasteiger partial charge in [0.25, 0.3) is 0 Å². The summed E-state index contributed by atoms with van der Waals surface area (Å²) in [5.74, 6) is 0.651. The highest BCUT2D eigenvalue weighted by atomic mass is 14.9. The first-order valence-corrected chi connectivity index (χ1v) is 18.5. The summed E-state index contributed by atoms with van der Waals surface area (Å²) < 4.78 is 0. The molecule has 54 heavy (non-hydrogen) atoms. The van der Waals surface area contributed by atoms with Crippen molar-refractivity contribution in [3.8, 4) is 62.2 Å². The van der Waals surface area contributed by atoms with Gasteiger partial charge in [-0.05, 0) is 73.8 Å². The van der Waals surface area contributed by atoms with Gasteiger partial charge in [-0.1, -0.05) is 172 Å². The van der Waals surface area contributed by atoms with E-state index in [1.54, 1.807) is 0 Å². The average molecular weight is 690 g/mol. The zero-order valence-corrected chi connectivity index (χ0v) is 30.1. The van der Waals surface area contributed by atoms with Crippen LogP contribution in [0.1, 0.15) is 52.8 Å². The molecule has 254 valence electrons. The van der Waals surface area contributed by atoms with E-state index in [1.165, 1.54) is 44.5 Å². The molecule has 0 aliphatic heterocycles. The van der Waals surface area contributed by atoms with Gasteiger partial charge in [0, 0.05) is 22.1 Å². The summed E-state index contributed by atoms with van der Waals surface area (Å²) in [5, 5.41) is 9.80. The predicted octanol–water partition coefficient (Wildman–Crippen LogP) is 12.0. The molecule has 0 radical (unpaired) electrons. The Bertz CT molecular complexity index is 2760. The minimum Gasteiger partial charge on any atom is -0.228 e. The molecule has 1 spiro atoms. The SMILES string of the molecule is CC1(C)c2ccccc2C2(c3ccccc3-c3c(-c4nc(-c5ccc(-c6ccccc6)cc5)cc(-c5cccc(C#N)c5)n4)cccc32)c2ccccc21. The van der Waals surface area contributed by atoms with E-state index in [2.05, 4.69) is 159 Å². The van der Waals surface area contributed by atoms with Gasteiger partial charge >= 0.3 is 0 Å². The Morgan fingerprint density at radius 1 is 0.426 bits per heavy atom. The summed E-state index contributed by atoms with van der Waals surface area (Å²) in [6.07, 6.45) is 0. The maximum Gasteiger partial charge on any atom is 0.161 e. The molecule has 3 nitrogen and oxygen atoms in total. The number of rotatable bonds is 4. The molecule has 8 aromatic rings. The van der Waals surface area contributed by atoms with Gasteiger partial charge in [0.1, 0.15) is 0 Å². The first-order valence-electron chi connectivity index (χ1n) is 18.5. The largest absolute Gasteiger partial charge is 0.228 e. The van der Waals surface area contributed by atoms with E-state index in [0.717, 1.165) is 39.2 Å². The van der Waals surface area contributed by atoms with Crippen LogP contribution in [0.3, 0.4) is 0 Å². The molecule has 0 amide bonds. The third-order valence-corrected chi connectivity index (χ3v) is 11.6. The van der Waals surface area contributed by atoms with E-state index in [1.807, 2.05) is 36.4 Å². The zero-order chi connectivity index (χ0) is 36.4. The molecule has 0 atom stereocenters. The molecule has 2 aliphatic carbocycles. The van der Waals surface area contributed by atoms with Crippen molar-refractivity contribution in [2.45, 2.75) is 24.7 Å². The fourth-order valence-electron chi connectivity index (χ4n) is 9.17. The molecule has 10 rings (SSSR count). The molecule has 2 aliphatic rings. The lowest BCUT2D eigenvalue weighted by atomic mass is 9.55. The highest BCUT2D eigenvalue weighted by Crippen LogP contribution is 2.63. The Labute approximate surface area is 315 Å². The van der Waals surface area contributed by atoms with Crippen LogP contribution in [-0.2, 0) is 10.8 Å². The molecule has 0 unspecified atom stereocenters. The van der Waals surface area contributed by atoms with Crippen LogP contribution in [0, 0.1) is 11.3 Å². The second-order valence-corrected chi connectivity index (χ2v) is 14.8. The van der Waals surface area contributed by atoms with Crippen molar-refractivity contribution in [1.29, 1.82) is 5.26 Å². The lowest BCUT2D eigenvalue weighted by Crippen LogP contribution is -2.40. The van der Waals surface area contributed by atoms with Gasteiger partial charge in [-0.15, -0.1) is 0 Å². The van der Waals surface area contributed by atoms with E-state index in [-0.39, 0.29) is 5.41 Å². The van der Waals surface area contributed by atoms with E-state index < -0.39 is 5.41 Å². The third-order valence-electron chi connectivity index (χ3n) is 11.6. The highest BCUT2D eigenvalue weighted by Gasteiger charge is 2.53. The summed E-state index contributed by atoms with van der Waals surface area (Å²) in [7, 11) is 0. The van der Waals surface area contributed by atoms with Crippen LogP contribution in [0.25, 0.3) is 56.2 Å². The summed E-state index contributed by atoms with van der Waals surface area (Å²) in [6, 6.07) is 64.6. The minimum absolute atomic E-state index is 0.173. The van der Waals surface area contributed by atoms with Crippen LogP contribution in [0.15, 0.2) is 176 Å². The Kier molecular flexibility index (Phi) is 7.12. The maximum atomic E-state index is 9.80. The summed E-state index contributed by atoms with van der Waals surface area (Å²) in [6.45, 7) is 4.70. The van der Waals surface area contributed by atoms with Crippen molar-refractivity contribution in [3.63, 3.8) is 0 Å². The molecule has 0 fully saturated rings. The van der Waals surface area contributed by atoms with Crippen LogP contribution in [0.5, 0.6) is 0 Å². The van der Waals surface area contributed by atoms with Crippen LogP contribution in [0.2, 0.25) is 0 Å². The Morgan fingerprint density at radius 2 is 0.926 bits per heavy atom. The number of hydrogen-bond acceptors (Lipinski definition) is 3. The number of nitriles is 1. The molecule has 7 aromatic carbocycles. The van der Waals surface area contributed by atoms with E-state index in [9.17, 15) is 5.26 Å². The van der Waals surface area contributed by atoms with Crippen LogP contribution in [-0.4, -0.2) is 9.97 Å². The Morgan fingerprint density at radius 3 is 1.61 bits per heavy atom. The van der Waals surface area contributed by atoms with Gasteiger partial charge < -0.3 is 0 Å². The topological polar surface area (TPSA) is 49.6 Å². The molecule has 1 aromatic heterocycles. The molecule has 0 bridgehead atoms. The van der Waals surface area contributed by atoms with Gasteiger partial charge in [-0.3, -0.25) is 0 Å². The van der Waals surface area contributed by atoms with Crippen LogP contribution in [0.4, 0.5) is 0 Å². The van der Waals surface area contributed by atoms with Crippen molar-refractivity contribution in [2.24, 2.45) is 0 Å². The molecular weight excluding hydrogens is 655 g/mol. The van der Waals surface area contributed by atoms with E-state index in [4.69, 9.17) is 9.97 Å². The molecule has 3 heteroatoms. The molecule has 0 N–H and O–H groups in total. The first kappa shape index (κ1) is 31.8. The van der Waals surface area contributed by atoms with Crippen molar-refractivity contribution < 1.29 is 0 Å². The van der Waals surface area contributed by atoms with E-state index in [0.29, 0.717) is 11.4 Å². The quantitative estimate of drug-likeness (QED) is 0.185. The van der Waals surface area contributed by atoms with Gasteiger partial charge in [0.2, 0.25) is 0 Å². The number of nitrogens with zero attached hydrogens (tertiary/aromatic N) is 3. The van der Waals surface area contributed by atoms with Crippen molar-refractivity contribution in [3.05, 3.63) is 215 Å². The van der Waals surface area contributed by atoms with Gasteiger partial charge in [-0.25, -0.2) is 9.97 Å². The lowest BCUT2D eigenvalue weighted by molar-refractivity contribution is 0.563. The standard InChI is InChI=1S/C51H35N3/c1-50(2)41-21-8-10-23-43(41)51(44-24-11-9-22-42(44)50)40-20-7-6-18-38(40)48-39(19-13-25-45(48)51)49-53-46(31-47(54-49)37-17-12-14-33(30-37)32-52)36-28-26-35(27-29-36)34-15-4-3-5-16-34/h3-31H,1-2H3. The van der Waals surface area contributed by atoms with Crippen molar-refractivity contribution in [2.75, 3.05) is 0 Å². The molecular formula is C51H35N3. The lowest BCUT2D eigenvalue weighted by Gasteiger charge is -2.46. The van der Waals surface area contributed by atoms with Crippen molar-refractivity contribution >= 4 is 0 Å². The van der Waals surface area contributed by atoms with Gasteiger partial charge in [0.15, 0.2) is 5.82 Å². The predicted molar refractivity (Wildman–Crippen MR) is 218 cm³/mol. The normalized spacial score (nSPS) is 14.0. The fraction of sp³-hybridized carbons (Fsp3) is 0.0784. The third kappa shape index (κ3) is 4.60. The summed E-state index contributed by atoms with van der Waals surface area (Å²) >= 11 is 0. The average Bonchev–Trinajstić information content (AvgIpc) is 3.54. The molecule has 1 heterocycles. The number of aromatic nitrogens is 2. The van der Waals surface area contributed by atoms with Gasteiger partial charge in [0.05, 0.1) is 28.4 Å². The molecule has 0 saturated heterocycles. The zero-order valence-electron chi connectivity index (χ0n) is 30.1. The number of hydrogen-bond donors (Lipinski definition) is 0. The second-order valence-electron chi connectivity index (χ2n) is 14.8. The van der Waals surface area contributed by atoms with E-state index >= 15 is 0 Å². The van der Waals surface area contributed by atoms with Crippen LogP contribution >= 0.6 is 0 Å². The molecule has 0 saturated carbocycles. The monoisotopic (exact) mass is 689 g/mol. The first-order chi connectivity index (χ1) is 26.5. The smallest absolute Gasteiger partial charge is 0.161 e. The van der Waals surface area contributed by atoms with Crippen LogP contribution < -0.4 is 0 Å². The van der Waals surface area contributed by atoms with Crippen molar-refractivity contribution in [1.82, 2.24) is 9.97 Å². The maximum absolute atomic E-state index is 9.80. The number of benzene rings is 7. The Hall–Kier alpha value is -6.89.